The predicted octanol–water partition coefficient (Wildman–Crippen LogP) is 10.3. The van der Waals surface area contributed by atoms with Crippen LogP contribution in [0, 0.1) is 47.9 Å². The SMILES string of the molecule is C.COc1cc(N2CCN(C(=O)CCl)CC2)ccc1Cl.COc1cc(N2CCN(C(=O)Cn3nc(C)c4cc(N)cnc43)CC2)ccc1Cl.COc1cc(N2CCN(C(=O)Cn3nc(C)c4cc([N+](=O)[O-])cnc43)CC2)ccc1Cl.Cc1[nH]nc2ncc([N+](=O)[O-])cc12.Cc1[nH]nc2ncccc12. The molecule has 31 nitrogen and oxygen atoms in total. The number of carbonyl (C=O) groups excluding carboxylic acids is 3. The van der Waals surface area contributed by atoms with Gasteiger partial charge in [-0.1, -0.05) is 42.2 Å². The zero-order chi connectivity index (χ0) is 72.9. The van der Waals surface area contributed by atoms with E-state index in [1.807, 2.05) is 85.5 Å². The van der Waals surface area contributed by atoms with Gasteiger partial charge in [0.25, 0.3) is 11.4 Å². The fourth-order valence-electron chi connectivity index (χ4n) is 11.6. The number of ether oxygens (including phenoxy) is 3. The standard InChI is InChI=1S/C20H21ClN6O4.C20H23ClN6O2.C13H16Cl2N2O2.C7H6N4O2.C7H7N3.CH4/c1-13-16-9-15(27(29)30)11-22-20(16)26(23-13)12-19(28)25-7-5-24(6-8-25)14-3-4-17(21)18(10-14)31-2;1-13-16-9-14(22)11-23-20(16)27(24-13)12-19(28)26-7-5-25(6-8-26)15-3-4-17(21)18(10-15)29-2;1-19-12-8-10(2-3-11(12)15)16-4-6-17(7-5-16)13(18)9-14;1-4-6-2-5(11(12)13)3-8-7(6)10-9-4;1-5-6-3-2-4-8-7(6)10-9-5;/h3-4,9-11H,5-8,12H2,1-2H3;3-4,9-11H,5-8,12,22H2,1-2H3;2-3,8H,4-7,9H2,1H3;2-3H,1H3,(H,8,9,10);2-4H,1H3,(H,8,9,10);1H4. The second-order valence-corrected chi connectivity index (χ2v) is 25.0. The first-order valence-corrected chi connectivity index (χ1v) is 33.6. The van der Waals surface area contributed by atoms with Crippen molar-refractivity contribution in [3.05, 3.63) is 168 Å². The largest absolute Gasteiger partial charge is 0.495 e. The van der Waals surface area contributed by atoms with E-state index in [1.165, 1.54) is 29.2 Å². The van der Waals surface area contributed by atoms with Gasteiger partial charge in [-0.2, -0.15) is 20.4 Å². The Hall–Kier alpha value is -10.9. The molecule has 3 aliphatic heterocycles. The lowest BCUT2D eigenvalue weighted by atomic mass is 10.2. The number of nitrogens with two attached hydrogens (primary N) is 1. The molecule has 0 unspecified atom stereocenters. The summed E-state index contributed by atoms with van der Waals surface area (Å²) >= 11 is 23.8. The lowest BCUT2D eigenvalue weighted by Crippen LogP contribution is -2.49. The van der Waals surface area contributed by atoms with Crippen LogP contribution in [0.3, 0.4) is 0 Å². The third-order valence-electron chi connectivity index (χ3n) is 17.2. The Morgan fingerprint density at radius 3 is 1.29 bits per heavy atom. The number of nitrogen functional groups attached to an aromatic ring is 1. The highest BCUT2D eigenvalue weighted by Gasteiger charge is 2.27. The van der Waals surface area contributed by atoms with E-state index in [0.29, 0.717) is 124 Å². The van der Waals surface area contributed by atoms with Crippen LogP contribution in [0.5, 0.6) is 17.2 Å². The maximum absolute atomic E-state index is 12.9. The van der Waals surface area contributed by atoms with Crippen LogP contribution >= 0.6 is 46.4 Å². The van der Waals surface area contributed by atoms with E-state index in [-0.39, 0.29) is 55.5 Å². The quantitative estimate of drug-likeness (QED) is 0.0548. The number of rotatable bonds is 13. The van der Waals surface area contributed by atoms with Gasteiger partial charge in [0.2, 0.25) is 17.7 Å². The van der Waals surface area contributed by atoms with Gasteiger partial charge in [-0.25, -0.2) is 29.3 Å². The van der Waals surface area contributed by atoms with Crippen LogP contribution in [-0.4, -0.2) is 208 Å². The molecule has 0 spiro atoms. The number of pyridine rings is 4. The minimum Gasteiger partial charge on any atom is -0.495 e. The molecule has 11 aromatic rings. The molecular formula is C68H77Cl4N21O10. The number of fused-ring (bicyclic) bond motifs is 4. The summed E-state index contributed by atoms with van der Waals surface area (Å²) in [5.41, 5.74) is 15.1. The van der Waals surface area contributed by atoms with Gasteiger partial charge < -0.3 is 49.3 Å². The zero-order valence-electron chi connectivity index (χ0n) is 56.7. The number of aryl methyl sites for hydroxylation is 4. The fraction of sp³-hybridized carbons (Fsp3) is 0.338. The minimum atomic E-state index is -0.496. The number of alkyl halides is 1. The number of carbonyl (C=O) groups is 3. The number of anilines is 4. The number of hydrogen-bond acceptors (Lipinski definition) is 22. The Bertz CT molecular complexity index is 4840. The van der Waals surface area contributed by atoms with Gasteiger partial charge in [-0.05, 0) is 82.3 Å². The van der Waals surface area contributed by atoms with E-state index in [1.54, 1.807) is 68.1 Å². The van der Waals surface area contributed by atoms with Crippen molar-refractivity contribution in [2.45, 2.75) is 48.2 Å². The van der Waals surface area contributed by atoms with Gasteiger partial charge in [0.1, 0.15) is 48.6 Å². The van der Waals surface area contributed by atoms with Crippen LogP contribution in [0.15, 0.2) is 110 Å². The van der Waals surface area contributed by atoms with Crippen LogP contribution in [0.1, 0.15) is 30.2 Å². The number of amides is 3. The van der Waals surface area contributed by atoms with E-state index in [9.17, 15) is 34.6 Å². The monoisotopic (exact) mass is 1490 g/mol. The molecule has 0 bridgehead atoms. The van der Waals surface area contributed by atoms with Gasteiger partial charge >= 0.3 is 0 Å². The molecule has 0 radical (unpaired) electrons. The van der Waals surface area contributed by atoms with Crippen LogP contribution < -0.4 is 34.6 Å². The van der Waals surface area contributed by atoms with Gasteiger partial charge in [-0.15, -0.1) is 11.6 Å². The normalized spacial score (nSPS) is 13.5. The summed E-state index contributed by atoms with van der Waals surface area (Å²) < 4.78 is 19.0. The van der Waals surface area contributed by atoms with Gasteiger partial charge in [0.15, 0.2) is 22.6 Å². The molecule has 103 heavy (non-hydrogen) atoms. The van der Waals surface area contributed by atoms with Crippen molar-refractivity contribution in [3.8, 4) is 17.2 Å². The minimum absolute atomic E-state index is 0. The molecule has 0 aliphatic carbocycles. The van der Waals surface area contributed by atoms with Crippen molar-refractivity contribution in [3.63, 3.8) is 0 Å². The van der Waals surface area contributed by atoms with Crippen molar-refractivity contribution in [1.29, 1.82) is 0 Å². The molecule has 8 aromatic heterocycles. The van der Waals surface area contributed by atoms with E-state index in [4.69, 9.17) is 66.3 Å². The Morgan fingerprint density at radius 2 is 0.883 bits per heavy atom. The maximum Gasteiger partial charge on any atom is 0.288 e. The number of nitrogens with zero attached hydrogens (tertiary/aromatic N) is 18. The first-order valence-electron chi connectivity index (χ1n) is 32.0. The number of nitro groups is 2. The smallest absolute Gasteiger partial charge is 0.288 e. The third-order valence-corrected chi connectivity index (χ3v) is 18.3. The van der Waals surface area contributed by atoms with E-state index >= 15 is 0 Å². The molecule has 0 atom stereocenters. The molecule has 542 valence electrons. The summed E-state index contributed by atoms with van der Waals surface area (Å²) in [6.45, 7) is 15.8. The number of hydrogen-bond donors (Lipinski definition) is 3. The molecule has 35 heteroatoms. The topological polar surface area (TPSA) is 355 Å². The molecule has 4 N–H and O–H groups in total. The number of methoxy groups -OCH3 is 3. The second kappa shape index (κ2) is 34.7. The van der Waals surface area contributed by atoms with Crippen LogP contribution in [-0.2, 0) is 27.5 Å². The maximum atomic E-state index is 12.9. The molecule has 0 saturated carbocycles. The second-order valence-electron chi connectivity index (χ2n) is 23.5. The number of H-pyrrole nitrogens is 2. The number of benzene rings is 3. The van der Waals surface area contributed by atoms with Gasteiger partial charge in [0, 0.05) is 165 Å². The highest BCUT2D eigenvalue weighted by Crippen LogP contribution is 2.33. The summed E-state index contributed by atoms with van der Waals surface area (Å²) in [4.78, 5) is 86.1. The first-order chi connectivity index (χ1) is 49.0. The van der Waals surface area contributed by atoms with Crippen molar-refractivity contribution in [1.82, 2.24) is 74.6 Å². The van der Waals surface area contributed by atoms with Crippen LogP contribution in [0.4, 0.5) is 34.1 Å². The van der Waals surface area contributed by atoms with Crippen molar-refractivity contribution < 1.29 is 38.4 Å². The average molecular weight is 1490 g/mol. The van der Waals surface area contributed by atoms with Gasteiger partial charge in [0.05, 0.1) is 69.5 Å². The molecule has 3 aromatic carbocycles. The summed E-state index contributed by atoms with van der Waals surface area (Å²) in [6, 6.07) is 25.7. The molecule has 3 saturated heterocycles. The lowest BCUT2D eigenvalue weighted by molar-refractivity contribution is -0.385. The van der Waals surface area contributed by atoms with Gasteiger partial charge in [-0.3, -0.25) is 44.8 Å². The number of aromatic amines is 2. The van der Waals surface area contributed by atoms with Crippen molar-refractivity contribution >= 4 is 142 Å². The molecule has 11 heterocycles. The molecule has 3 amide bonds. The highest BCUT2D eigenvalue weighted by molar-refractivity contribution is 6.33. The molecule has 3 aliphatic rings. The summed E-state index contributed by atoms with van der Waals surface area (Å²) in [5, 5.41) is 48.6. The summed E-state index contributed by atoms with van der Waals surface area (Å²) in [6.07, 6.45) is 5.71. The Morgan fingerprint density at radius 1 is 0.505 bits per heavy atom. The Balaban J connectivity index is 0.000000157. The number of aromatic nitrogens is 12. The number of piperazine rings is 3. The summed E-state index contributed by atoms with van der Waals surface area (Å²) in [7, 11) is 4.78. The van der Waals surface area contributed by atoms with Crippen molar-refractivity contribution in [2.24, 2.45) is 0 Å². The molecular weight excluding hydrogens is 1410 g/mol. The molecule has 3 fully saturated rings. The van der Waals surface area contributed by atoms with Crippen LogP contribution in [0.25, 0.3) is 44.1 Å². The fourth-order valence-corrected chi connectivity index (χ4v) is 12.3. The van der Waals surface area contributed by atoms with E-state index in [0.717, 1.165) is 76.7 Å². The van der Waals surface area contributed by atoms with Crippen molar-refractivity contribution in [2.75, 3.05) is 126 Å². The van der Waals surface area contributed by atoms with Crippen LogP contribution in [0.2, 0.25) is 15.1 Å². The zero-order valence-corrected chi connectivity index (χ0v) is 59.7. The van der Waals surface area contributed by atoms with E-state index in [2.05, 4.69) is 65.2 Å². The number of nitrogens with one attached hydrogen (secondary N) is 2. The highest BCUT2D eigenvalue weighted by atomic mass is 35.5. The lowest BCUT2D eigenvalue weighted by Gasteiger charge is -2.36. The molecule has 14 rings (SSSR count). The van der Waals surface area contributed by atoms with E-state index < -0.39 is 9.85 Å². The average Bonchev–Trinajstić information content (AvgIpc) is 1.67. The first kappa shape index (κ1) is 76.3. The predicted molar refractivity (Wildman–Crippen MR) is 397 cm³/mol. The summed E-state index contributed by atoms with van der Waals surface area (Å²) in [5.74, 6) is 1.94. The number of halogens is 4. The Kier molecular flexibility index (Phi) is 25.7. The Labute approximate surface area is 611 Å². The third kappa shape index (κ3) is 18.4.